The van der Waals surface area contributed by atoms with Crippen LogP contribution in [0.3, 0.4) is 0 Å². The van der Waals surface area contributed by atoms with E-state index in [1.54, 1.807) is 24.3 Å². The van der Waals surface area contributed by atoms with Gasteiger partial charge in [-0.15, -0.1) is 0 Å². The molecule has 2 nitrogen and oxygen atoms in total. The van der Waals surface area contributed by atoms with Gasteiger partial charge in [-0.1, -0.05) is 80.6 Å². The normalized spacial score (nSPS) is 15.4. The summed E-state index contributed by atoms with van der Waals surface area (Å²) < 4.78 is 65.6. The average Bonchev–Trinajstić information content (AvgIpc) is 3.43. The number of fused-ring (bicyclic) bond motifs is 6. The summed E-state index contributed by atoms with van der Waals surface area (Å²) in [5.74, 6) is -0.956. The maximum absolute atomic E-state index is 8.94. The van der Waals surface area contributed by atoms with Crippen molar-refractivity contribution < 1.29 is 14.0 Å². The van der Waals surface area contributed by atoms with E-state index in [1.807, 2.05) is 44.2 Å². The first-order valence-corrected chi connectivity index (χ1v) is 13.8. The first kappa shape index (κ1) is 18.0. The number of benzene rings is 5. The second-order valence-corrected chi connectivity index (χ2v) is 10.3. The summed E-state index contributed by atoms with van der Waals surface area (Å²) in [7, 11) is 0. The van der Waals surface area contributed by atoms with Gasteiger partial charge in [-0.05, 0) is 106 Å². The van der Waals surface area contributed by atoms with Crippen molar-refractivity contribution in [3.05, 3.63) is 114 Å². The third kappa shape index (κ3) is 3.90. The maximum Gasteiger partial charge on any atom is 0.144 e. The van der Waals surface area contributed by atoms with E-state index in [2.05, 4.69) is 41.4 Å². The van der Waals surface area contributed by atoms with Gasteiger partial charge in [0.25, 0.3) is 0 Å². The number of pyridine rings is 1. The quantitative estimate of drug-likeness (QED) is 0.208. The number of rotatable bonds is 5. The van der Waals surface area contributed by atoms with Crippen LogP contribution in [0.4, 0.5) is 0 Å². The van der Waals surface area contributed by atoms with Crippen molar-refractivity contribution in [3.8, 4) is 22.4 Å². The SMILES string of the molecule is [2H]C([2H])([2H])c1cnc(-c2cccc3c2oc2cc4c(ccc5ccccc54)cc23)cc1-c1ccc(C([2H])(CC)CC)cc1C([2H])([2H])[2H]. The highest BCUT2D eigenvalue weighted by molar-refractivity contribution is 6.17. The molecule has 5 aromatic carbocycles. The lowest BCUT2D eigenvalue weighted by Crippen LogP contribution is -1.98. The van der Waals surface area contributed by atoms with Crippen LogP contribution in [0.1, 0.15) is 58.9 Å². The fraction of sp³-hybridized carbons (Fsp3) is 0.184. The highest BCUT2D eigenvalue weighted by Crippen LogP contribution is 2.40. The van der Waals surface area contributed by atoms with Gasteiger partial charge in [-0.3, -0.25) is 4.98 Å². The first-order valence-electron chi connectivity index (χ1n) is 17.3. The second kappa shape index (κ2) is 9.64. The Balaban J connectivity index is 1.46. The maximum atomic E-state index is 8.94. The average molecular weight is 527 g/mol. The molecule has 2 heteroatoms. The van der Waals surface area contributed by atoms with E-state index in [0.717, 1.165) is 37.9 Å². The van der Waals surface area contributed by atoms with Gasteiger partial charge in [-0.2, -0.15) is 0 Å². The molecule has 40 heavy (non-hydrogen) atoms. The molecule has 0 aliphatic heterocycles. The summed E-state index contributed by atoms with van der Waals surface area (Å²) in [4.78, 5) is 4.60. The molecule has 0 radical (unpaired) electrons. The highest BCUT2D eigenvalue weighted by Gasteiger charge is 2.17. The van der Waals surface area contributed by atoms with E-state index in [0.29, 0.717) is 35.2 Å². The van der Waals surface area contributed by atoms with Gasteiger partial charge in [0.15, 0.2) is 0 Å². The molecule has 7 rings (SSSR count). The predicted octanol–water partition coefficient (Wildman–Crippen LogP) is 11.1. The zero-order valence-corrected chi connectivity index (χ0v) is 22.5. The van der Waals surface area contributed by atoms with Crippen LogP contribution in [0.5, 0.6) is 0 Å². The number of hydrogen-bond acceptors (Lipinski definition) is 2. The van der Waals surface area contributed by atoms with Gasteiger partial charge in [0.05, 0.1) is 5.69 Å². The molecule has 0 aliphatic carbocycles. The van der Waals surface area contributed by atoms with Crippen LogP contribution in [0, 0.1) is 13.7 Å². The minimum absolute atomic E-state index is 0.0111. The third-order valence-electron chi connectivity index (χ3n) is 8.11. The summed E-state index contributed by atoms with van der Waals surface area (Å²) in [6, 6.07) is 29.1. The van der Waals surface area contributed by atoms with Crippen molar-refractivity contribution in [1.29, 1.82) is 0 Å². The number of aromatic nitrogens is 1. The molecular weight excluding hydrogens is 486 g/mol. The molecule has 7 aromatic rings. The monoisotopic (exact) mass is 526 g/mol. The molecule has 0 spiro atoms. The molecule has 196 valence electrons. The third-order valence-corrected chi connectivity index (χ3v) is 8.11. The van der Waals surface area contributed by atoms with Crippen LogP contribution in [0.25, 0.3) is 65.9 Å². The Labute approximate surface area is 245 Å². The van der Waals surface area contributed by atoms with Gasteiger partial charge in [0, 0.05) is 32.1 Å². The Morgan fingerprint density at radius 3 is 2.38 bits per heavy atom. The van der Waals surface area contributed by atoms with Crippen molar-refractivity contribution in [2.45, 2.75) is 46.3 Å². The summed E-state index contributed by atoms with van der Waals surface area (Å²) in [5.41, 5.74) is 3.57. The summed E-state index contributed by atoms with van der Waals surface area (Å²) in [6.07, 6.45) is 2.34. The van der Waals surface area contributed by atoms with Crippen molar-refractivity contribution in [2.24, 2.45) is 0 Å². The lowest BCUT2D eigenvalue weighted by molar-refractivity contribution is 0.641. The molecule has 0 saturated heterocycles. The van der Waals surface area contributed by atoms with Crippen LogP contribution in [-0.2, 0) is 0 Å². The Kier molecular flexibility index (Phi) is 4.34. The van der Waals surface area contributed by atoms with Crippen LogP contribution >= 0.6 is 0 Å². The zero-order chi connectivity index (χ0) is 33.3. The molecule has 0 aliphatic rings. The Hall–Kier alpha value is -4.43. The van der Waals surface area contributed by atoms with Gasteiger partial charge < -0.3 is 4.42 Å². The van der Waals surface area contributed by atoms with Crippen LogP contribution < -0.4 is 0 Å². The number of aryl methyl sites for hydroxylation is 2. The van der Waals surface area contributed by atoms with Crippen LogP contribution in [0.15, 0.2) is 102 Å². The fourth-order valence-corrected chi connectivity index (χ4v) is 5.98. The molecule has 0 amide bonds. The standard InChI is InChI=1S/C38H33NO/c1-5-25(6-2)27-16-17-29(23(3)18-27)33-20-36(39-22-24(33)4)32-13-9-12-31-35-19-28-15-14-26-10-7-8-11-30(26)34(28)21-37(35)40-38(31)32/h7-22,25H,5-6H2,1-4H3/i3D3,4D3,25D. The van der Waals surface area contributed by atoms with E-state index in [4.69, 9.17) is 14.0 Å². The summed E-state index contributed by atoms with van der Waals surface area (Å²) in [6.45, 7) is -1.28. The molecule has 0 bridgehead atoms. The van der Waals surface area contributed by atoms with Gasteiger partial charge >= 0.3 is 0 Å². The zero-order valence-electron chi connectivity index (χ0n) is 29.5. The smallest absolute Gasteiger partial charge is 0.144 e. The second-order valence-electron chi connectivity index (χ2n) is 10.3. The topological polar surface area (TPSA) is 26.0 Å². The van der Waals surface area contributed by atoms with E-state index < -0.39 is 19.6 Å². The number of para-hydroxylation sites is 1. The highest BCUT2D eigenvalue weighted by atomic mass is 16.3. The van der Waals surface area contributed by atoms with E-state index in [1.165, 1.54) is 6.20 Å². The fourth-order valence-electron chi connectivity index (χ4n) is 5.98. The molecule has 0 unspecified atom stereocenters. The minimum atomic E-state index is -2.55. The molecule has 0 fully saturated rings. The molecule has 2 aromatic heterocycles. The Morgan fingerprint density at radius 2 is 1.52 bits per heavy atom. The van der Waals surface area contributed by atoms with Crippen LogP contribution in [0.2, 0.25) is 0 Å². The van der Waals surface area contributed by atoms with Crippen molar-refractivity contribution in [1.82, 2.24) is 4.98 Å². The molecule has 0 N–H and O–H groups in total. The predicted molar refractivity (Wildman–Crippen MR) is 170 cm³/mol. The van der Waals surface area contributed by atoms with Crippen molar-refractivity contribution >= 4 is 43.5 Å². The molecule has 0 atom stereocenters. The van der Waals surface area contributed by atoms with E-state index in [9.17, 15) is 0 Å². The molecular formula is C38H33NO. The number of hydrogen-bond donors (Lipinski definition) is 0. The summed E-state index contributed by atoms with van der Waals surface area (Å²) >= 11 is 0. The number of furan rings is 1. The lowest BCUT2D eigenvalue weighted by Gasteiger charge is -2.17. The molecule has 2 heterocycles. The van der Waals surface area contributed by atoms with E-state index in [-0.39, 0.29) is 22.3 Å². The van der Waals surface area contributed by atoms with E-state index >= 15 is 0 Å². The number of nitrogens with zero attached hydrogens (tertiary/aromatic N) is 1. The van der Waals surface area contributed by atoms with Gasteiger partial charge in [0.2, 0.25) is 0 Å². The van der Waals surface area contributed by atoms with Gasteiger partial charge in [-0.25, -0.2) is 0 Å². The molecule has 0 saturated carbocycles. The van der Waals surface area contributed by atoms with Crippen molar-refractivity contribution in [2.75, 3.05) is 0 Å². The Morgan fingerprint density at radius 1 is 0.700 bits per heavy atom. The first-order chi connectivity index (χ1) is 22.3. The largest absolute Gasteiger partial charge is 0.455 e. The van der Waals surface area contributed by atoms with Crippen molar-refractivity contribution in [3.63, 3.8) is 0 Å². The summed E-state index contributed by atoms with van der Waals surface area (Å²) in [5, 5.41) is 6.31. The minimum Gasteiger partial charge on any atom is -0.455 e. The van der Waals surface area contributed by atoms with Gasteiger partial charge in [0.1, 0.15) is 11.2 Å². The lowest BCUT2D eigenvalue weighted by atomic mass is 9.89. The van der Waals surface area contributed by atoms with Crippen LogP contribution in [-0.4, -0.2) is 4.98 Å². The Bertz CT molecular complexity index is 2330.